The van der Waals surface area contributed by atoms with Crippen molar-refractivity contribution in [3.05, 3.63) is 65.2 Å². The lowest BCUT2D eigenvalue weighted by atomic mass is 10.1. The first kappa shape index (κ1) is 16.2. The molecule has 0 unspecified atom stereocenters. The zero-order valence-corrected chi connectivity index (χ0v) is 14.4. The van der Waals surface area contributed by atoms with Crippen LogP contribution in [-0.2, 0) is 4.79 Å². The van der Waals surface area contributed by atoms with Crippen molar-refractivity contribution in [1.82, 2.24) is 4.98 Å². The molecule has 1 heterocycles. The quantitative estimate of drug-likeness (QED) is 0.748. The van der Waals surface area contributed by atoms with E-state index in [9.17, 15) is 4.79 Å². The predicted octanol–water partition coefficient (Wildman–Crippen LogP) is 4.44. The van der Waals surface area contributed by atoms with Crippen LogP contribution >= 0.6 is 11.3 Å². The molecule has 1 amide bonds. The van der Waals surface area contributed by atoms with Crippen LogP contribution in [0.25, 0.3) is 10.6 Å². The highest BCUT2D eigenvalue weighted by molar-refractivity contribution is 7.13. The number of amides is 1. The average molecular weight is 338 g/mol. The van der Waals surface area contributed by atoms with Gasteiger partial charge in [-0.1, -0.05) is 6.07 Å². The van der Waals surface area contributed by atoms with Crippen LogP contribution in [0.4, 0.5) is 5.69 Å². The van der Waals surface area contributed by atoms with Gasteiger partial charge in [0.2, 0.25) is 0 Å². The molecule has 5 heteroatoms. The Morgan fingerprint density at radius 3 is 2.58 bits per heavy atom. The second kappa shape index (κ2) is 7.27. The van der Waals surface area contributed by atoms with Gasteiger partial charge in [0, 0.05) is 22.8 Å². The van der Waals surface area contributed by atoms with Crippen LogP contribution in [0.1, 0.15) is 11.1 Å². The van der Waals surface area contributed by atoms with Gasteiger partial charge in [-0.3, -0.25) is 4.79 Å². The van der Waals surface area contributed by atoms with Crippen molar-refractivity contribution in [2.24, 2.45) is 0 Å². The summed E-state index contributed by atoms with van der Waals surface area (Å²) in [6.45, 7) is 4.05. The largest absolute Gasteiger partial charge is 0.484 e. The van der Waals surface area contributed by atoms with E-state index in [4.69, 9.17) is 4.74 Å². The molecule has 3 aromatic rings. The maximum Gasteiger partial charge on any atom is 0.262 e. The van der Waals surface area contributed by atoms with E-state index in [-0.39, 0.29) is 12.5 Å². The van der Waals surface area contributed by atoms with E-state index in [0.717, 1.165) is 21.8 Å². The summed E-state index contributed by atoms with van der Waals surface area (Å²) in [7, 11) is 0. The Bertz CT molecular complexity index is 827. The molecule has 4 nitrogen and oxygen atoms in total. The number of aromatic nitrogens is 1. The molecule has 24 heavy (non-hydrogen) atoms. The first-order chi connectivity index (χ1) is 11.6. The first-order valence-electron chi connectivity index (χ1n) is 7.61. The van der Waals surface area contributed by atoms with Crippen LogP contribution in [0, 0.1) is 13.8 Å². The number of nitrogens with zero attached hydrogens (tertiary/aromatic N) is 1. The molecule has 0 aliphatic rings. The fourth-order valence-corrected chi connectivity index (χ4v) is 2.86. The molecule has 3 rings (SSSR count). The topological polar surface area (TPSA) is 51.2 Å². The van der Waals surface area contributed by atoms with Gasteiger partial charge in [-0.2, -0.15) is 0 Å². The van der Waals surface area contributed by atoms with Crippen LogP contribution < -0.4 is 10.1 Å². The molecule has 0 spiro atoms. The van der Waals surface area contributed by atoms with Crippen LogP contribution in [-0.4, -0.2) is 17.5 Å². The van der Waals surface area contributed by atoms with Crippen molar-refractivity contribution in [2.45, 2.75) is 13.8 Å². The Balaban J connectivity index is 1.55. The molecule has 0 fully saturated rings. The van der Waals surface area contributed by atoms with Gasteiger partial charge in [0.15, 0.2) is 6.61 Å². The molecule has 0 radical (unpaired) electrons. The highest BCUT2D eigenvalue weighted by Gasteiger charge is 2.06. The van der Waals surface area contributed by atoms with Crippen molar-refractivity contribution >= 4 is 22.9 Å². The number of hydrogen-bond acceptors (Lipinski definition) is 4. The van der Waals surface area contributed by atoms with Crippen molar-refractivity contribution in [1.29, 1.82) is 0 Å². The van der Waals surface area contributed by atoms with Gasteiger partial charge in [-0.25, -0.2) is 4.98 Å². The van der Waals surface area contributed by atoms with Gasteiger partial charge in [0.1, 0.15) is 10.8 Å². The van der Waals surface area contributed by atoms with Crippen LogP contribution in [0.2, 0.25) is 0 Å². The summed E-state index contributed by atoms with van der Waals surface area (Å²) in [5.74, 6) is 0.516. The Kier molecular flexibility index (Phi) is 4.91. The first-order valence-corrected chi connectivity index (χ1v) is 8.49. The maximum absolute atomic E-state index is 12.0. The van der Waals surface area contributed by atoms with Gasteiger partial charge >= 0.3 is 0 Å². The molecule has 0 atom stereocenters. The zero-order valence-electron chi connectivity index (χ0n) is 13.6. The minimum absolute atomic E-state index is 0.0171. The highest BCUT2D eigenvalue weighted by Crippen LogP contribution is 2.23. The van der Waals surface area contributed by atoms with E-state index in [1.165, 1.54) is 5.56 Å². The number of carbonyl (C=O) groups excluding carboxylic acids is 1. The Morgan fingerprint density at radius 2 is 1.92 bits per heavy atom. The predicted molar refractivity (Wildman–Crippen MR) is 97.6 cm³/mol. The number of hydrogen-bond donors (Lipinski definition) is 1. The standard InChI is InChI=1S/C19H18N2O2S/c1-13-3-8-17(11-14(13)2)23-12-18(22)21-16-6-4-15(5-7-16)19-20-9-10-24-19/h3-11H,12H2,1-2H3,(H,21,22). The van der Waals surface area contributed by atoms with Crippen LogP contribution in [0.5, 0.6) is 5.75 Å². The van der Waals surface area contributed by atoms with Gasteiger partial charge in [0.25, 0.3) is 5.91 Å². The molecular weight excluding hydrogens is 320 g/mol. The Labute approximate surface area is 145 Å². The number of nitrogens with one attached hydrogen (secondary N) is 1. The van der Waals surface area contributed by atoms with Crippen molar-refractivity contribution in [3.8, 4) is 16.3 Å². The summed E-state index contributed by atoms with van der Waals surface area (Å²) < 4.78 is 5.54. The van der Waals surface area contributed by atoms with Crippen molar-refractivity contribution in [2.75, 3.05) is 11.9 Å². The Morgan fingerprint density at radius 1 is 1.12 bits per heavy atom. The summed E-state index contributed by atoms with van der Waals surface area (Å²) in [5.41, 5.74) is 4.12. The fraction of sp³-hybridized carbons (Fsp3) is 0.158. The van der Waals surface area contributed by atoms with E-state index >= 15 is 0 Å². The lowest BCUT2D eigenvalue weighted by Crippen LogP contribution is -2.20. The SMILES string of the molecule is Cc1ccc(OCC(=O)Nc2ccc(-c3nccs3)cc2)cc1C. The maximum atomic E-state index is 12.0. The molecule has 122 valence electrons. The second-order valence-electron chi connectivity index (χ2n) is 5.50. The third-order valence-electron chi connectivity index (χ3n) is 3.70. The summed E-state index contributed by atoms with van der Waals surface area (Å²) in [6, 6.07) is 13.4. The molecule has 0 bridgehead atoms. The molecule has 0 saturated carbocycles. The van der Waals surface area contributed by atoms with Gasteiger partial charge < -0.3 is 10.1 Å². The minimum atomic E-state index is -0.185. The molecule has 0 aliphatic carbocycles. The molecule has 0 saturated heterocycles. The zero-order chi connectivity index (χ0) is 16.9. The van der Waals surface area contributed by atoms with Gasteiger partial charge in [-0.15, -0.1) is 11.3 Å². The summed E-state index contributed by atoms with van der Waals surface area (Å²) in [5, 5.41) is 5.73. The monoisotopic (exact) mass is 338 g/mol. The third kappa shape index (κ3) is 4.00. The molecule has 1 N–H and O–H groups in total. The van der Waals surface area contributed by atoms with E-state index in [1.54, 1.807) is 17.5 Å². The van der Waals surface area contributed by atoms with Crippen LogP contribution in [0.3, 0.4) is 0 Å². The van der Waals surface area contributed by atoms with Gasteiger partial charge in [-0.05, 0) is 61.4 Å². The summed E-state index contributed by atoms with van der Waals surface area (Å²) >= 11 is 1.59. The van der Waals surface area contributed by atoms with Gasteiger partial charge in [0.05, 0.1) is 0 Å². The van der Waals surface area contributed by atoms with Crippen molar-refractivity contribution in [3.63, 3.8) is 0 Å². The van der Waals surface area contributed by atoms with E-state index < -0.39 is 0 Å². The lowest BCUT2D eigenvalue weighted by Gasteiger charge is -2.09. The summed E-state index contributed by atoms with van der Waals surface area (Å²) in [6.07, 6.45) is 1.78. The normalized spacial score (nSPS) is 10.4. The van der Waals surface area contributed by atoms with E-state index in [0.29, 0.717) is 5.75 Å². The highest BCUT2D eigenvalue weighted by atomic mass is 32.1. The molecule has 1 aromatic heterocycles. The number of thiazole rings is 1. The molecule has 2 aromatic carbocycles. The number of carbonyl (C=O) groups is 1. The average Bonchev–Trinajstić information content (AvgIpc) is 3.11. The number of anilines is 1. The number of aryl methyl sites for hydroxylation is 2. The minimum Gasteiger partial charge on any atom is -0.484 e. The smallest absolute Gasteiger partial charge is 0.262 e. The second-order valence-corrected chi connectivity index (χ2v) is 6.39. The number of benzene rings is 2. The molecular formula is C19H18N2O2S. The number of rotatable bonds is 5. The lowest BCUT2D eigenvalue weighted by molar-refractivity contribution is -0.118. The fourth-order valence-electron chi connectivity index (χ4n) is 2.21. The Hall–Kier alpha value is -2.66. The molecule has 0 aliphatic heterocycles. The number of ether oxygens (including phenoxy) is 1. The van der Waals surface area contributed by atoms with Crippen LogP contribution in [0.15, 0.2) is 54.0 Å². The van der Waals surface area contributed by atoms with Crippen molar-refractivity contribution < 1.29 is 9.53 Å². The summed E-state index contributed by atoms with van der Waals surface area (Å²) in [4.78, 5) is 16.3. The van der Waals surface area contributed by atoms with E-state index in [2.05, 4.69) is 10.3 Å². The van der Waals surface area contributed by atoms with E-state index in [1.807, 2.05) is 61.7 Å². The third-order valence-corrected chi connectivity index (χ3v) is 4.52.